The van der Waals surface area contributed by atoms with E-state index in [1.54, 1.807) is 14.0 Å². The fourth-order valence-corrected chi connectivity index (χ4v) is 4.88. The Morgan fingerprint density at radius 1 is 0.974 bits per heavy atom. The molecule has 0 atom stereocenters. The van der Waals surface area contributed by atoms with Crippen LogP contribution in [-0.4, -0.2) is 54.3 Å². The number of nitrogens with zero attached hydrogens (tertiary/aromatic N) is 3. The van der Waals surface area contributed by atoms with Gasteiger partial charge in [0, 0.05) is 24.7 Å². The number of methoxy groups -OCH3 is 1. The first-order valence-electron chi connectivity index (χ1n) is 13.4. The molecule has 39 heavy (non-hydrogen) atoms. The van der Waals surface area contributed by atoms with Gasteiger partial charge in [0.05, 0.1) is 12.7 Å². The van der Waals surface area contributed by atoms with Crippen molar-refractivity contribution in [3.8, 4) is 34.0 Å². The molecule has 1 amide bonds. The number of hydrogen-bond acceptors (Lipinski definition) is 7. The predicted molar refractivity (Wildman–Crippen MR) is 151 cm³/mol. The maximum absolute atomic E-state index is 13.3. The summed E-state index contributed by atoms with van der Waals surface area (Å²) in [5.41, 5.74) is 5.14. The van der Waals surface area contributed by atoms with E-state index in [1.807, 2.05) is 67.6 Å². The molecule has 8 heteroatoms. The second-order valence-corrected chi connectivity index (χ2v) is 9.81. The first kappa shape index (κ1) is 26.4. The van der Waals surface area contributed by atoms with Crippen molar-refractivity contribution in [1.29, 1.82) is 0 Å². The number of nitrogens with one attached hydrogen (secondary N) is 1. The van der Waals surface area contributed by atoms with Crippen molar-refractivity contribution >= 4 is 11.6 Å². The van der Waals surface area contributed by atoms with Gasteiger partial charge < -0.3 is 19.3 Å². The van der Waals surface area contributed by atoms with Gasteiger partial charge in [-0.2, -0.15) is 4.98 Å². The van der Waals surface area contributed by atoms with Gasteiger partial charge in [-0.3, -0.25) is 9.69 Å². The zero-order valence-corrected chi connectivity index (χ0v) is 22.7. The van der Waals surface area contributed by atoms with Crippen LogP contribution in [-0.2, 0) is 0 Å². The SMILES string of the molecule is COc1ccc(NC(=O)c2ccc(-c3ccc(-c4noc(C)n4)cc3C)cc2OCCN2CCCCC2)cc1. The molecule has 0 spiro atoms. The smallest absolute Gasteiger partial charge is 0.259 e. The minimum Gasteiger partial charge on any atom is -0.497 e. The number of ether oxygens (including phenoxy) is 2. The summed E-state index contributed by atoms with van der Waals surface area (Å²) in [6.45, 7) is 7.37. The van der Waals surface area contributed by atoms with Gasteiger partial charge in [0.25, 0.3) is 5.91 Å². The average Bonchev–Trinajstić information content (AvgIpc) is 3.40. The van der Waals surface area contributed by atoms with E-state index in [0.717, 1.165) is 47.6 Å². The number of piperidine rings is 1. The van der Waals surface area contributed by atoms with Crippen LogP contribution in [0.3, 0.4) is 0 Å². The first-order valence-corrected chi connectivity index (χ1v) is 13.4. The van der Waals surface area contributed by atoms with E-state index in [9.17, 15) is 4.79 Å². The van der Waals surface area contributed by atoms with Crippen molar-refractivity contribution in [1.82, 2.24) is 15.0 Å². The fourth-order valence-electron chi connectivity index (χ4n) is 4.88. The molecule has 1 aliphatic heterocycles. The van der Waals surface area contributed by atoms with Crippen molar-refractivity contribution in [3.05, 3.63) is 77.7 Å². The number of carbonyl (C=O) groups excluding carboxylic acids is 1. The largest absolute Gasteiger partial charge is 0.497 e. The van der Waals surface area contributed by atoms with E-state index in [1.165, 1.54) is 19.3 Å². The molecular weight excluding hydrogens is 492 g/mol. The van der Waals surface area contributed by atoms with E-state index < -0.39 is 0 Å². The number of benzene rings is 3. The topological polar surface area (TPSA) is 89.7 Å². The normalized spacial score (nSPS) is 13.7. The van der Waals surface area contributed by atoms with Crippen molar-refractivity contribution in [2.45, 2.75) is 33.1 Å². The number of rotatable bonds is 9. The Morgan fingerprint density at radius 2 is 1.74 bits per heavy atom. The molecule has 202 valence electrons. The number of likely N-dealkylation sites (tertiary alicyclic amines) is 1. The minimum atomic E-state index is -0.223. The molecule has 1 fully saturated rings. The number of aromatic nitrogens is 2. The Hall–Kier alpha value is -4.17. The predicted octanol–water partition coefficient (Wildman–Crippen LogP) is 6.15. The maximum Gasteiger partial charge on any atom is 0.259 e. The van der Waals surface area contributed by atoms with Gasteiger partial charge in [-0.1, -0.05) is 29.8 Å². The second-order valence-electron chi connectivity index (χ2n) is 9.81. The summed E-state index contributed by atoms with van der Waals surface area (Å²) in [6, 6.07) is 19.1. The van der Waals surface area contributed by atoms with E-state index in [-0.39, 0.29) is 5.91 Å². The summed E-state index contributed by atoms with van der Waals surface area (Å²) in [7, 11) is 1.62. The summed E-state index contributed by atoms with van der Waals surface area (Å²) in [6.07, 6.45) is 3.74. The molecule has 1 aliphatic rings. The van der Waals surface area contributed by atoms with Crippen LogP contribution >= 0.6 is 0 Å². The van der Waals surface area contributed by atoms with Gasteiger partial charge in [0.1, 0.15) is 18.1 Å². The average molecular weight is 527 g/mol. The first-order chi connectivity index (χ1) is 19.0. The molecule has 0 saturated carbocycles. The lowest BCUT2D eigenvalue weighted by atomic mass is 9.96. The molecule has 4 aromatic rings. The van der Waals surface area contributed by atoms with E-state index in [2.05, 4.69) is 20.4 Å². The van der Waals surface area contributed by atoms with Gasteiger partial charge in [-0.15, -0.1) is 0 Å². The molecule has 0 bridgehead atoms. The summed E-state index contributed by atoms with van der Waals surface area (Å²) >= 11 is 0. The monoisotopic (exact) mass is 526 g/mol. The molecule has 0 unspecified atom stereocenters. The van der Waals surface area contributed by atoms with Crippen LogP contribution in [0.2, 0.25) is 0 Å². The van der Waals surface area contributed by atoms with Gasteiger partial charge in [0.15, 0.2) is 0 Å². The van der Waals surface area contributed by atoms with Crippen molar-refractivity contribution in [3.63, 3.8) is 0 Å². The molecule has 1 N–H and O–H groups in total. The molecule has 3 aromatic carbocycles. The van der Waals surface area contributed by atoms with Crippen molar-refractivity contribution in [2.24, 2.45) is 0 Å². The van der Waals surface area contributed by atoms with Crippen LogP contribution < -0.4 is 14.8 Å². The summed E-state index contributed by atoms with van der Waals surface area (Å²) < 4.78 is 16.6. The van der Waals surface area contributed by atoms with E-state index >= 15 is 0 Å². The quantitative estimate of drug-likeness (QED) is 0.280. The van der Waals surface area contributed by atoms with Crippen molar-refractivity contribution < 1.29 is 18.8 Å². The highest BCUT2D eigenvalue weighted by molar-refractivity contribution is 6.06. The number of aryl methyl sites for hydroxylation is 2. The lowest BCUT2D eigenvalue weighted by Crippen LogP contribution is -2.33. The third-order valence-corrected chi connectivity index (χ3v) is 7.01. The molecule has 1 saturated heterocycles. The van der Waals surface area contributed by atoms with Gasteiger partial charge in [-0.25, -0.2) is 0 Å². The Balaban J connectivity index is 1.40. The fraction of sp³-hybridized carbons (Fsp3) is 0.323. The van der Waals surface area contributed by atoms with Gasteiger partial charge in [0.2, 0.25) is 11.7 Å². The van der Waals surface area contributed by atoms with Crippen molar-refractivity contribution in [2.75, 3.05) is 38.7 Å². The maximum atomic E-state index is 13.3. The standard InChI is InChI=1S/C31H34N4O4/c1-21-19-24(30-32-22(2)39-34-30)8-13-27(21)23-7-14-28(31(36)33-25-9-11-26(37-3)12-10-25)29(20-23)38-18-17-35-15-5-4-6-16-35/h7-14,19-20H,4-6,15-18H2,1-3H3,(H,33,36). The molecular formula is C31H34N4O4. The molecule has 8 nitrogen and oxygen atoms in total. The third kappa shape index (κ3) is 6.46. The molecule has 0 radical (unpaired) electrons. The molecule has 2 heterocycles. The van der Waals surface area contributed by atoms with Crippen LogP contribution in [0.5, 0.6) is 11.5 Å². The molecule has 1 aromatic heterocycles. The minimum absolute atomic E-state index is 0.223. The highest BCUT2D eigenvalue weighted by Gasteiger charge is 2.17. The third-order valence-electron chi connectivity index (χ3n) is 7.01. The Labute approximate surface area is 228 Å². The Bertz CT molecular complexity index is 1430. The summed E-state index contributed by atoms with van der Waals surface area (Å²) in [5.74, 6) is 2.16. The van der Waals surface area contributed by atoms with Gasteiger partial charge >= 0.3 is 0 Å². The van der Waals surface area contributed by atoms with Crippen LogP contribution in [0.15, 0.2) is 65.2 Å². The highest BCUT2D eigenvalue weighted by atomic mass is 16.5. The lowest BCUT2D eigenvalue weighted by molar-refractivity contribution is 0.102. The lowest BCUT2D eigenvalue weighted by Gasteiger charge is -2.26. The van der Waals surface area contributed by atoms with Gasteiger partial charge in [-0.05, 0) is 92.0 Å². The number of carbonyl (C=O) groups is 1. The van der Waals surface area contributed by atoms with E-state index in [0.29, 0.717) is 35.3 Å². The second kappa shape index (κ2) is 12.1. The summed E-state index contributed by atoms with van der Waals surface area (Å²) in [5, 5.41) is 7.01. The van der Waals surface area contributed by atoms with Crippen LogP contribution in [0.4, 0.5) is 5.69 Å². The van der Waals surface area contributed by atoms with Crippen LogP contribution in [0.25, 0.3) is 22.5 Å². The van der Waals surface area contributed by atoms with E-state index in [4.69, 9.17) is 14.0 Å². The zero-order valence-electron chi connectivity index (χ0n) is 22.7. The Kier molecular flexibility index (Phi) is 8.22. The van der Waals surface area contributed by atoms with Crippen LogP contribution in [0.1, 0.15) is 41.1 Å². The number of hydrogen-bond donors (Lipinski definition) is 1. The molecule has 5 rings (SSSR count). The summed E-state index contributed by atoms with van der Waals surface area (Å²) in [4.78, 5) is 20.1. The zero-order chi connectivity index (χ0) is 27.2. The Morgan fingerprint density at radius 3 is 2.44 bits per heavy atom. The highest BCUT2D eigenvalue weighted by Crippen LogP contribution is 2.32. The number of anilines is 1. The van der Waals surface area contributed by atoms with Crippen LogP contribution in [0, 0.1) is 13.8 Å². The number of amides is 1. The molecule has 0 aliphatic carbocycles.